The van der Waals surface area contributed by atoms with Crippen molar-refractivity contribution in [2.45, 2.75) is 27.2 Å². The largest absolute Gasteiger partial charge is 0.481 e. The van der Waals surface area contributed by atoms with Crippen molar-refractivity contribution in [3.05, 3.63) is 0 Å². The van der Waals surface area contributed by atoms with E-state index in [-0.39, 0.29) is 31.4 Å². The number of carboxylic acid groups (broad SMARTS) is 1. The molecule has 0 aromatic carbocycles. The summed E-state index contributed by atoms with van der Waals surface area (Å²) in [5, 5.41) is 11.4. The van der Waals surface area contributed by atoms with Crippen molar-refractivity contribution in [2.24, 2.45) is 5.92 Å². The molecule has 0 aliphatic heterocycles. The van der Waals surface area contributed by atoms with Crippen molar-refractivity contribution < 1.29 is 19.5 Å². The van der Waals surface area contributed by atoms with Gasteiger partial charge in [-0.25, -0.2) is 4.79 Å². The van der Waals surface area contributed by atoms with Crippen molar-refractivity contribution in [2.75, 3.05) is 33.2 Å². The molecule has 3 amide bonds. The molecule has 0 aliphatic carbocycles. The number of amides is 3. The molecule has 7 nitrogen and oxygen atoms in total. The summed E-state index contributed by atoms with van der Waals surface area (Å²) in [7, 11) is 1.53. The van der Waals surface area contributed by atoms with Crippen LogP contribution in [0.2, 0.25) is 0 Å². The molecule has 0 fully saturated rings. The van der Waals surface area contributed by atoms with Crippen molar-refractivity contribution >= 4 is 17.9 Å². The third-order valence-corrected chi connectivity index (χ3v) is 3.05. The summed E-state index contributed by atoms with van der Waals surface area (Å²) >= 11 is 0. The van der Waals surface area contributed by atoms with E-state index < -0.39 is 11.9 Å². The molecule has 0 rings (SSSR count). The fraction of sp³-hybridized carbons (Fsp3) is 0.769. The van der Waals surface area contributed by atoms with Crippen molar-refractivity contribution in [3.63, 3.8) is 0 Å². The Morgan fingerprint density at radius 1 is 1.20 bits per heavy atom. The smallest absolute Gasteiger partial charge is 0.317 e. The highest BCUT2D eigenvalue weighted by Gasteiger charge is 2.17. The first-order chi connectivity index (χ1) is 9.33. The zero-order valence-electron chi connectivity index (χ0n) is 12.7. The topological polar surface area (TPSA) is 90.0 Å². The first kappa shape index (κ1) is 18.2. The summed E-state index contributed by atoms with van der Waals surface area (Å²) in [6, 6.07) is -0.370. The second-order valence-electron chi connectivity index (χ2n) is 4.67. The van der Waals surface area contributed by atoms with E-state index in [4.69, 9.17) is 5.11 Å². The monoisotopic (exact) mass is 287 g/mol. The third kappa shape index (κ3) is 6.40. The maximum Gasteiger partial charge on any atom is 0.317 e. The Morgan fingerprint density at radius 2 is 1.75 bits per heavy atom. The van der Waals surface area contributed by atoms with Crippen LogP contribution in [0.15, 0.2) is 0 Å². The molecule has 0 saturated carbocycles. The average Bonchev–Trinajstić information content (AvgIpc) is 2.39. The van der Waals surface area contributed by atoms with Crippen molar-refractivity contribution in [3.8, 4) is 0 Å². The lowest BCUT2D eigenvalue weighted by Gasteiger charge is -2.21. The number of nitrogens with one attached hydrogen (secondary N) is 1. The average molecular weight is 287 g/mol. The first-order valence-corrected chi connectivity index (χ1v) is 6.82. The van der Waals surface area contributed by atoms with Gasteiger partial charge in [-0.2, -0.15) is 0 Å². The van der Waals surface area contributed by atoms with Gasteiger partial charge in [0.25, 0.3) is 0 Å². The van der Waals surface area contributed by atoms with Crippen LogP contribution in [-0.2, 0) is 9.59 Å². The second-order valence-corrected chi connectivity index (χ2v) is 4.67. The van der Waals surface area contributed by atoms with E-state index in [1.165, 1.54) is 18.9 Å². The maximum atomic E-state index is 11.7. The Kier molecular flexibility index (Phi) is 8.35. The normalized spacial score (nSPS) is 11.6. The predicted molar refractivity (Wildman–Crippen MR) is 75.4 cm³/mol. The minimum absolute atomic E-state index is 0.00291. The molecule has 0 spiro atoms. The summed E-state index contributed by atoms with van der Waals surface area (Å²) < 4.78 is 0. The molecule has 0 aromatic rings. The zero-order valence-corrected chi connectivity index (χ0v) is 12.7. The SMILES string of the molecule is CCN(CC)C(=O)CCNC(=O)N(C)CC(C)C(=O)O. The standard InChI is InChI=1S/C13H25N3O4/c1-5-16(6-2)11(17)7-8-14-13(20)15(4)9-10(3)12(18)19/h10H,5-9H2,1-4H3,(H,14,20)(H,18,19). The van der Waals surface area contributed by atoms with E-state index in [0.717, 1.165) is 0 Å². The molecule has 0 bridgehead atoms. The molecule has 2 N–H and O–H groups in total. The molecule has 0 aliphatic rings. The molecule has 0 radical (unpaired) electrons. The summed E-state index contributed by atoms with van der Waals surface area (Å²) in [5.74, 6) is -1.57. The van der Waals surface area contributed by atoms with Crippen molar-refractivity contribution in [1.82, 2.24) is 15.1 Å². The molecular weight excluding hydrogens is 262 g/mol. The van der Waals surface area contributed by atoms with Crippen molar-refractivity contribution in [1.29, 1.82) is 0 Å². The van der Waals surface area contributed by atoms with Gasteiger partial charge in [-0.3, -0.25) is 9.59 Å². The van der Waals surface area contributed by atoms with Gasteiger partial charge in [0.05, 0.1) is 5.92 Å². The van der Waals surface area contributed by atoms with Gasteiger partial charge in [0.15, 0.2) is 0 Å². The minimum Gasteiger partial charge on any atom is -0.481 e. The van der Waals surface area contributed by atoms with Gasteiger partial charge in [-0.1, -0.05) is 6.92 Å². The lowest BCUT2D eigenvalue weighted by Crippen LogP contribution is -2.42. The number of hydrogen-bond donors (Lipinski definition) is 2. The lowest BCUT2D eigenvalue weighted by atomic mass is 10.2. The number of carbonyl (C=O) groups excluding carboxylic acids is 2. The quantitative estimate of drug-likeness (QED) is 0.684. The number of carbonyl (C=O) groups is 3. The fourth-order valence-electron chi connectivity index (χ4n) is 1.72. The molecule has 0 saturated heterocycles. The molecule has 7 heteroatoms. The third-order valence-electron chi connectivity index (χ3n) is 3.05. The van der Waals surface area contributed by atoms with Crippen LogP contribution < -0.4 is 5.32 Å². The molecular formula is C13H25N3O4. The molecule has 0 aromatic heterocycles. The van der Waals surface area contributed by atoms with E-state index in [0.29, 0.717) is 13.1 Å². The van der Waals surface area contributed by atoms with Gasteiger partial charge >= 0.3 is 12.0 Å². The van der Waals surface area contributed by atoms with Gasteiger partial charge in [0.2, 0.25) is 5.91 Å². The van der Waals surface area contributed by atoms with E-state index in [9.17, 15) is 14.4 Å². The molecule has 20 heavy (non-hydrogen) atoms. The van der Waals surface area contributed by atoms with Crippen LogP contribution in [0, 0.1) is 5.92 Å². The predicted octanol–water partition coefficient (Wildman–Crippen LogP) is 0.607. The Labute approximate surface area is 119 Å². The summed E-state index contributed by atoms with van der Waals surface area (Å²) in [5.41, 5.74) is 0. The number of urea groups is 1. The zero-order chi connectivity index (χ0) is 15.7. The fourth-order valence-corrected chi connectivity index (χ4v) is 1.72. The number of rotatable bonds is 8. The van der Waals surface area contributed by atoms with Crippen LogP contribution in [0.5, 0.6) is 0 Å². The Bertz CT molecular complexity index is 343. The highest BCUT2D eigenvalue weighted by atomic mass is 16.4. The summed E-state index contributed by atoms with van der Waals surface area (Å²) in [6.45, 7) is 7.03. The lowest BCUT2D eigenvalue weighted by molar-refractivity contribution is -0.141. The number of carboxylic acids is 1. The molecule has 1 unspecified atom stereocenters. The van der Waals surface area contributed by atoms with Crippen LogP contribution in [0.4, 0.5) is 4.79 Å². The van der Waals surface area contributed by atoms with E-state index in [1.807, 2.05) is 13.8 Å². The molecule has 0 heterocycles. The second kappa shape index (κ2) is 9.17. The van der Waals surface area contributed by atoms with Crippen LogP contribution in [0.25, 0.3) is 0 Å². The van der Waals surface area contributed by atoms with E-state index in [2.05, 4.69) is 5.32 Å². The Morgan fingerprint density at radius 3 is 2.20 bits per heavy atom. The Balaban J connectivity index is 4.04. The number of nitrogens with zero attached hydrogens (tertiary/aromatic N) is 2. The molecule has 116 valence electrons. The minimum atomic E-state index is -0.943. The number of aliphatic carboxylic acids is 1. The summed E-state index contributed by atoms with van der Waals surface area (Å²) in [4.78, 5) is 37.1. The number of hydrogen-bond acceptors (Lipinski definition) is 3. The van der Waals surface area contributed by atoms with Gasteiger partial charge in [-0.05, 0) is 13.8 Å². The van der Waals surface area contributed by atoms with E-state index in [1.54, 1.807) is 4.90 Å². The Hall–Kier alpha value is -1.79. The van der Waals surface area contributed by atoms with Crippen LogP contribution in [-0.4, -0.2) is 66.0 Å². The van der Waals surface area contributed by atoms with Gasteiger partial charge in [0.1, 0.15) is 0 Å². The van der Waals surface area contributed by atoms with Gasteiger partial charge < -0.3 is 20.2 Å². The van der Waals surface area contributed by atoms with Gasteiger partial charge in [0, 0.05) is 39.6 Å². The molecule has 1 atom stereocenters. The summed E-state index contributed by atoms with van der Waals surface area (Å²) in [6.07, 6.45) is 0.246. The maximum absolute atomic E-state index is 11.7. The van der Waals surface area contributed by atoms with Crippen LogP contribution in [0.1, 0.15) is 27.2 Å². The highest BCUT2D eigenvalue weighted by molar-refractivity contribution is 5.78. The first-order valence-electron chi connectivity index (χ1n) is 6.82. The highest BCUT2D eigenvalue weighted by Crippen LogP contribution is 1.99. The van der Waals surface area contributed by atoms with Gasteiger partial charge in [-0.15, -0.1) is 0 Å². The van der Waals surface area contributed by atoms with Crippen LogP contribution >= 0.6 is 0 Å². The van der Waals surface area contributed by atoms with Crippen LogP contribution in [0.3, 0.4) is 0 Å². The van der Waals surface area contributed by atoms with E-state index >= 15 is 0 Å².